The highest BCUT2D eigenvalue weighted by Crippen LogP contribution is 2.28. The average molecular weight is 252 g/mol. The fourth-order valence-electron chi connectivity index (χ4n) is 1.49. The van der Waals surface area contributed by atoms with Crippen molar-refractivity contribution >= 4 is 39.2 Å². The van der Waals surface area contributed by atoms with Crippen LogP contribution >= 0.6 is 23.1 Å². The number of aliphatic carboxylic acids is 1. The summed E-state index contributed by atoms with van der Waals surface area (Å²) in [4.78, 5) is 10.4. The maximum absolute atomic E-state index is 10.4. The SMILES string of the molecule is O=C(O)CCSCc1csc2ccccc12. The van der Waals surface area contributed by atoms with Crippen molar-refractivity contribution in [3.05, 3.63) is 35.2 Å². The number of hydrogen-bond donors (Lipinski definition) is 1. The normalized spacial score (nSPS) is 10.8. The minimum atomic E-state index is -0.720. The number of carboxylic acids is 1. The molecule has 1 heterocycles. The Morgan fingerprint density at radius 1 is 1.38 bits per heavy atom. The molecule has 0 saturated carbocycles. The van der Waals surface area contributed by atoms with Gasteiger partial charge in [0.05, 0.1) is 6.42 Å². The van der Waals surface area contributed by atoms with Crippen LogP contribution in [0, 0.1) is 0 Å². The van der Waals surface area contributed by atoms with E-state index in [0.29, 0.717) is 5.75 Å². The first kappa shape index (κ1) is 11.5. The van der Waals surface area contributed by atoms with E-state index in [2.05, 4.69) is 17.5 Å². The van der Waals surface area contributed by atoms with Gasteiger partial charge >= 0.3 is 5.97 Å². The molecular formula is C12H12O2S2. The highest BCUT2D eigenvalue weighted by atomic mass is 32.2. The summed E-state index contributed by atoms with van der Waals surface area (Å²) in [6, 6.07) is 8.32. The molecule has 84 valence electrons. The van der Waals surface area contributed by atoms with Gasteiger partial charge < -0.3 is 5.11 Å². The summed E-state index contributed by atoms with van der Waals surface area (Å²) in [5, 5.41) is 12.0. The Kier molecular flexibility index (Phi) is 3.85. The second-order valence-corrected chi connectivity index (χ2v) is 5.47. The van der Waals surface area contributed by atoms with Crippen LogP contribution in [0.2, 0.25) is 0 Å². The van der Waals surface area contributed by atoms with Gasteiger partial charge in [0.25, 0.3) is 0 Å². The maximum atomic E-state index is 10.4. The van der Waals surface area contributed by atoms with E-state index in [9.17, 15) is 4.79 Å². The number of carbonyl (C=O) groups is 1. The molecule has 4 heteroatoms. The summed E-state index contributed by atoms with van der Waals surface area (Å²) in [7, 11) is 0. The molecule has 1 aromatic carbocycles. The van der Waals surface area contributed by atoms with Crippen molar-refractivity contribution in [2.24, 2.45) is 0 Å². The topological polar surface area (TPSA) is 37.3 Å². The van der Waals surface area contributed by atoms with E-state index in [0.717, 1.165) is 5.75 Å². The van der Waals surface area contributed by atoms with Crippen LogP contribution in [0.1, 0.15) is 12.0 Å². The first-order valence-corrected chi connectivity index (χ1v) is 7.05. The van der Waals surface area contributed by atoms with Gasteiger partial charge in [-0.05, 0) is 22.4 Å². The number of carboxylic acid groups (broad SMARTS) is 1. The van der Waals surface area contributed by atoms with E-state index in [-0.39, 0.29) is 6.42 Å². The molecule has 0 amide bonds. The summed E-state index contributed by atoms with van der Waals surface area (Å²) in [6.07, 6.45) is 0.243. The fraction of sp³-hybridized carbons (Fsp3) is 0.250. The molecule has 2 rings (SSSR count). The number of thiophene rings is 1. The Morgan fingerprint density at radius 3 is 3.00 bits per heavy atom. The van der Waals surface area contributed by atoms with E-state index in [1.165, 1.54) is 15.6 Å². The number of fused-ring (bicyclic) bond motifs is 1. The van der Waals surface area contributed by atoms with E-state index in [1.807, 2.05) is 12.1 Å². The molecule has 16 heavy (non-hydrogen) atoms. The Labute approximate surface area is 102 Å². The van der Waals surface area contributed by atoms with Gasteiger partial charge in [-0.25, -0.2) is 0 Å². The molecule has 1 N–H and O–H groups in total. The van der Waals surface area contributed by atoms with Gasteiger partial charge in [-0.1, -0.05) is 18.2 Å². The largest absolute Gasteiger partial charge is 0.481 e. The van der Waals surface area contributed by atoms with Crippen LogP contribution in [-0.2, 0) is 10.5 Å². The molecule has 0 radical (unpaired) electrons. The van der Waals surface area contributed by atoms with E-state index >= 15 is 0 Å². The molecule has 0 aliphatic carbocycles. The summed E-state index contributed by atoms with van der Waals surface area (Å²) in [5.41, 5.74) is 1.32. The van der Waals surface area contributed by atoms with Gasteiger partial charge in [0.15, 0.2) is 0 Å². The lowest BCUT2D eigenvalue weighted by atomic mass is 10.2. The van der Waals surface area contributed by atoms with Crippen molar-refractivity contribution in [2.75, 3.05) is 5.75 Å². The number of rotatable bonds is 5. The fourth-order valence-corrected chi connectivity index (χ4v) is 3.48. The summed E-state index contributed by atoms with van der Waals surface area (Å²) in [5.74, 6) is 0.860. The van der Waals surface area contributed by atoms with Crippen LogP contribution in [0.3, 0.4) is 0 Å². The maximum Gasteiger partial charge on any atom is 0.304 e. The van der Waals surface area contributed by atoms with E-state index < -0.39 is 5.97 Å². The van der Waals surface area contributed by atoms with E-state index in [1.54, 1.807) is 23.1 Å². The molecule has 0 aliphatic heterocycles. The van der Waals surface area contributed by atoms with Gasteiger partial charge in [-0.15, -0.1) is 11.3 Å². The lowest BCUT2D eigenvalue weighted by Gasteiger charge is -1.98. The second-order valence-electron chi connectivity index (χ2n) is 3.45. The molecule has 0 unspecified atom stereocenters. The van der Waals surface area contributed by atoms with Crippen molar-refractivity contribution in [1.29, 1.82) is 0 Å². The summed E-state index contributed by atoms with van der Waals surface area (Å²) in [6.45, 7) is 0. The first-order chi connectivity index (χ1) is 7.77. The highest BCUT2D eigenvalue weighted by molar-refractivity contribution is 7.98. The lowest BCUT2D eigenvalue weighted by Crippen LogP contribution is -1.96. The third-order valence-electron chi connectivity index (χ3n) is 2.28. The van der Waals surface area contributed by atoms with Crippen molar-refractivity contribution in [2.45, 2.75) is 12.2 Å². The Bertz CT molecular complexity index is 490. The molecular weight excluding hydrogens is 240 g/mol. The van der Waals surface area contributed by atoms with E-state index in [4.69, 9.17) is 5.11 Å². The van der Waals surface area contributed by atoms with Crippen LogP contribution in [0.4, 0.5) is 0 Å². The zero-order valence-electron chi connectivity index (χ0n) is 8.68. The molecule has 0 fully saturated rings. The molecule has 0 bridgehead atoms. The minimum absolute atomic E-state index is 0.243. The molecule has 0 spiro atoms. The lowest BCUT2D eigenvalue weighted by molar-refractivity contribution is -0.136. The quantitative estimate of drug-likeness (QED) is 0.826. The number of hydrogen-bond acceptors (Lipinski definition) is 3. The molecule has 0 atom stereocenters. The summed E-state index contributed by atoms with van der Waals surface area (Å²) < 4.78 is 1.30. The second kappa shape index (κ2) is 5.37. The van der Waals surface area contributed by atoms with Gasteiger partial charge in [0.2, 0.25) is 0 Å². The monoisotopic (exact) mass is 252 g/mol. The third kappa shape index (κ3) is 2.77. The van der Waals surface area contributed by atoms with Gasteiger partial charge in [0, 0.05) is 16.2 Å². The van der Waals surface area contributed by atoms with Crippen molar-refractivity contribution < 1.29 is 9.90 Å². The van der Waals surface area contributed by atoms with Crippen LogP contribution < -0.4 is 0 Å². The van der Waals surface area contributed by atoms with Gasteiger partial charge in [0.1, 0.15) is 0 Å². The van der Waals surface area contributed by atoms with Crippen LogP contribution in [0.5, 0.6) is 0 Å². The van der Waals surface area contributed by atoms with Gasteiger partial charge in [-0.2, -0.15) is 11.8 Å². The predicted molar refractivity (Wildman–Crippen MR) is 70.2 cm³/mol. The Balaban J connectivity index is 1.97. The smallest absolute Gasteiger partial charge is 0.304 e. The molecule has 1 aromatic heterocycles. The standard InChI is InChI=1S/C12H12O2S2/c13-12(14)5-6-15-7-9-8-16-11-4-2-1-3-10(9)11/h1-4,8H,5-7H2,(H,13,14). The van der Waals surface area contributed by atoms with Crippen LogP contribution in [-0.4, -0.2) is 16.8 Å². The first-order valence-electron chi connectivity index (χ1n) is 5.02. The van der Waals surface area contributed by atoms with Crippen LogP contribution in [0.25, 0.3) is 10.1 Å². The predicted octanol–water partition coefficient (Wildman–Crippen LogP) is 3.61. The average Bonchev–Trinajstić information content (AvgIpc) is 2.68. The number of thioether (sulfide) groups is 1. The Morgan fingerprint density at radius 2 is 2.19 bits per heavy atom. The molecule has 2 aromatic rings. The zero-order valence-corrected chi connectivity index (χ0v) is 10.3. The molecule has 0 saturated heterocycles. The van der Waals surface area contributed by atoms with Gasteiger partial charge in [-0.3, -0.25) is 4.79 Å². The third-order valence-corrected chi connectivity index (χ3v) is 4.30. The zero-order chi connectivity index (χ0) is 11.4. The van der Waals surface area contributed by atoms with Crippen molar-refractivity contribution in [3.8, 4) is 0 Å². The molecule has 2 nitrogen and oxygen atoms in total. The van der Waals surface area contributed by atoms with Crippen LogP contribution in [0.15, 0.2) is 29.6 Å². The Hall–Kier alpha value is -1.00. The van der Waals surface area contributed by atoms with Crippen molar-refractivity contribution in [1.82, 2.24) is 0 Å². The number of benzene rings is 1. The van der Waals surface area contributed by atoms with Crippen molar-refractivity contribution in [3.63, 3.8) is 0 Å². The highest BCUT2D eigenvalue weighted by Gasteiger charge is 2.03. The minimum Gasteiger partial charge on any atom is -0.481 e. The molecule has 0 aliphatic rings. The summed E-state index contributed by atoms with van der Waals surface area (Å²) >= 11 is 3.43.